The van der Waals surface area contributed by atoms with E-state index in [4.69, 9.17) is 9.47 Å². The van der Waals surface area contributed by atoms with Gasteiger partial charge >= 0.3 is 5.97 Å². The van der Waals surface area contributed by atoms with Crippen molar-refractivity contribution in [3.63, 3.8) is 0 Å². The molecule has 0 saturated carbocycles. The highest BCUT2D eigenvalue weighted by Gasteiger charge is 2.26. The molecule has 32 heavy (non-hydrogen) atoms. The summed E-state index contributed by atoms with van der Waals surface area (Å²) >= 11 is 1.29. The van der Waals surface area contributed by atoms with Crippen LogP contribution in [-0.4, -0.2) is 25.0 Å². The van der Waals surface area contributed by atoms with Crippen LogP contribution < -0.4 is 14.4 Å². The Labute approximate surface area is 189 Å². The second-order valence-corrected chi connectivity index (χ2v) is 7.96. The van der Waals surface area contributed by atoms with Crippen molar-refractivity contribution in [2.45, 2.75) is 13.3 Å². The van der Waals surface area contributed by atoms with Gasteiger partial charge in [0, 0.05) is 12.2 Å². The van der Waals surface area contributed by atoms with E-state index in [0.717, 1.165) is 17.7 Å². The van der Waals surface area contributed by atoms with Gasteiger partial charge in [0.05, 0.1) is 6.61 Å². The molecule has 6 nitrogen and oxygen atoms in total. The number of thiophene rings is 1. The normalized spacial score (nSPS) is 12.8. The molecule has 0 unspecified atom stereocenters. The molecule has 3 aromatic rings. The van der Waals surface area contributed by atoms with Crippen LogP contribution in [0.1, 0.15) is 27.7 Å². The summed E-state index contributed by atoms with van der Waals surface area (Å²) in [6.45, 7) is 2.73. The molecule has 0 radical (unpaired) electrons. The summed E-state index contributed by atoms with van der Waals surface area (Å²) in [5.41, 5.74) is 2.55. The third-order valence-electron chi connectivity index (χ3n) is 4.99. The van der Waals surface area contributed by atoms with Crippen LogP contribution in [0.3, 0.4) is 0 Å². The van der Waals surface area contributed by atoms with Gasteiger partial charge in [-0.25, -0.2) is 4.79 Å². The molecule has 160 valence electrons. The SMILES string of the molecule is CCOc1cc(C=C(C#N)C(=O)N2CCc3ccccc32)ccc1OC(=O)c1cccs1. The largest absolute Gasteiger partial charge is 0.490 e. The Hall–Kier alpha value is -3.89. The topological polar surface area (TPSA) is 79.6 Å². The van der Waals surface area contributed by atoms with Gasteiger partial charge in [0.2, 0.25) is 0 Å². The molecule has 0 fully saturated rings. The van der Waals surface area contributed by atoms with Gasteiger partial charge in [-0.05, 0) is 60.2 Å². The summed E-state index contributed by atoms with van der Waals surface area (Å²) in [6.07, 6.45) is 2.29. The van der Waals surface area contributed by atoms with Crippen LogP contribution in [0.2, 0.25) is 0 Å². The quantitative estimate of drug-likeness (QED) is 0.235. The number of amides is 1. The highest BCUT2D eigenvalue weighted by molar-refractivity contribution is 7.12. The molecule has 0 aliphatic carbocycles. The number of rotatable bonds is 6. The lowest BCUT2D eigenvalue weighted by Crippen LogP contribution is -2.29. The van der Waals surface area contributed by atoms with E-state index >= 15 is 0 Å². The van der Waals surface area contributed by atoms with Gasteiger partial charge < -0.3 is 14.4 Å². The van der Waals surface area contributed by atoms with Gasteiger partial charge in [0.25, 0.3) is 5.91 Å². The van der Waals surface area contributed by atoms with Crippen LogP contribution in [0, 0.1) is 11.3 Å². The van der Waals surface area contributed by atoms with Crippen molar-refractivity contribution < 1.29 is 19.1 Å². The molecular weight excluding hydrogens is 424 g/mol. The summed E-state index contributed by atoms with van der Waals surface area (Å²) in [5.74, 6) is -0.170. The molecule has 7 heteroatoms. The van der Waals surface area contributed by atoms with Crippen LogP contribution in [0.5, 0.6) is 11.5 Å². The summed E-state index contributed by atoms with van der Waals surface area (Å²) in [5, 5.41) is 11.5. The fourth-order valence-electron chi connectivity index (χ4n) is 3.52. The van der Waals surface area contributed by atoms with Gasteiger partial charge in [-0.2, -0.15) is 5.26 Å². The predicted molar refractivity (Wildman–Crippen MR) is 123 cm³/mol. The third kappa shape index (κ3) is 4.41. The van der Waals surface area contributed by atoms with Gasteiger partial charge in [-0.1, -0.05) is 30.3 Å². The summed E-state index contributed by atoms with van der Waals surface area (Å²) in [4.78, 5) is 27.5. The minimum atomic E-state index is -0.468. The van der Waals surface area contributed by atoms with Gasteiger partial charge in [0.15, 0.2) is 11.5 Å². The number of benzene rings is 2. The molecule has 2 aromatic carbocycles. The van der Waals surface area contributed by atoms with E-state index in [1.54, 1.807) is 40.6 Å². The van der Waals surface area contributed by atoms with Crippen molar-refractivity contribution in [2.75, 3.05) is 18.1 Å². The summed E-state index contributed by atoms with van der Waals surface area (Å²) in [7, 11) is 0. The van der Waals surface area contributed by atoms with Crippen molar-refractivity contribution in [3.05, 3.63) is 81.6 Å². The lowest BCUT2D eigenvalue weighted by atomic mass is 10.1. The zero-order valence-corrected chi connectivity index (χ0v) is 18.2. The Morgan fingerprint density at radius 3 is 2.75 bits per heavy atom. The minimum absolute atomic E-state index is 0.0208. The standard InChI is InChI=1S/C25H20N2O4S/c1-2-30-22-15-17(9-10-21(22)31-25(29)23-8-5-13-32-23)14-19(16-26)24(28)27-12-11-18-6-3-4-7-20(18)27/h3-10,13-15H,2,11-12H2,1H3. The summed E-state index contributed by atoms with van der Waals surface area (Å²) in [6, 6.07) is 18.1. The van der Waals surface area contributed by atoms with E-state index in [-0.39, 0.29) is 17.2 Å². The van der Waals surface area contributed by atoms with Crippen LogP contribution in [-0.2, 0) is 11.2 Å². The third-order valence-corrected chi connectivity index (χ3v) is 5.84. The maximum Gasteiger partial charge on any atom is 0.353 e. The monoisotopic (exact) mass is 444 g/mol. The molecule has 2 heterocycles. The Kier molecular flexibility index (Phi) is 6.34. The Morgan fingerprint density at radius 2 is 2.00 bits per heavy atom. The Balaban J connectivity index is 1.59. The molecule has 0 atom stereocenters. The molecule has 4 rings (SSSR count). The molecule has 0 bridgehead atoms. The van der Waals surface area contributed by atoms with Gasteiger partial charge in [-0.15, -0.1) is 11.3 Å². The van der Waals surface area contributed by atoms with Crippen LogP contribution in [0.15, 0.2) is 65.6 Å². The number of hydrogen-bond acceptors (Lipinski definition) is 6. The molecular formula is C25H20N2O4S. The number of ether oxygens (including phenoxy) is 2. The average Bonchev–Trinajstić information content (AvgIpc) is 3.49. The van der Waals surface area contributed by atoms with Crippen molar-refractivity contribution >= 4 is 35.0 Å². The van der Waals surface area contributed by atoms with Gasteiger partial charge in [0.1, 0.15) is 16.5 Å². The molecule has 1 aliphatic rings. The highest BCUT2D eigenvalue weighted by Crippen LogP contribution is 2.32. The van der Waals surface area contributed by atoms with Crippen LogP contribution >= 0.6 is 11.3 Å². The van der Waals surface area contributed by atoms with E-state index < -0.39 is 5.97 Å². The second kappa shape index (κ2) is 9.50. The molecule has 0 saturated heterocycles. The first-order valence-corrected chi connectivity index (χ1v) is 11.0. The average molecular weight is 445 g/mol. The van der Waals surface area contributed by atoms with E-state index in [2.05, 4.69) is 0 Å². The second-order valence-electron chi connectivity index (χ2n) is 7.01. The summed E-state index contributed by atoms with van der Waals surface area (Å²) < 4.78 is 11.1. The van der Waals surface area contributed by atoms with E-state index in [0.29, 0.717) is 29.3 Å². The minimum Gasteiger partial charge on any atom is -0.490 e. The van der Waals surface area contributed by atoms with E-state index in [9.17, 15) is 14.9 Å². The van der Waals surface area contributed by atoms with Crippen LogP contribution in [0.25, 0.3) is 6.08 Å². The fraction of sp³-hybridized carbons (Fsp3) is 0.160. The van der Waals surface area contributed by atoms with Gasteiger partial charge in [-0.3, -0.25) is 4.79 Å². The number of anilines is 1. The smallest absolute Gasteiger partial charge is 0.353 e. The Bertz CT molecular complexity index is 1220. The van der Waals surface area contributed by atoms with Crippen molar-refractivity contribution in [3.8, 4) is 17.6 Å². The lowest BCUT2D eigenvalue weighted by Gasteiger charge is -2.16. The zero-order valence-electron chi connectivity index (χ0n) is 17.4. The van der Waals surface area contributed by atoms with Crippen molar-refractivity contribution in [2.24, 2.45) is 0 Å². The molecule has 1 amide bonds. The first kappa shape index (κ1) is 21.3. The lowest BCUT2D eigenvalue weighted by molar-refractivity contribution is -0.114. The Morgan fingerprint density at radius 1 is 1.16 bits per heavy atom. The highest BCUT2D eigenvalue weighted by atomic mass is 32.1. The fourth-order valence-corrected chi connectivity index (χ4v) is 4.11. The number of hydrogen-bond donors (Lipinski definition) is 0. The number of fused-ring (bicyclic) bond motifs is 1. The van der Waals surface area contributed by atoms with Crippen molar-refractivity contribution in [1.29, 1.82) is 5.26 Å². The molecule has 0 N–H and O–H groups in total. The number of carbonyl (C=O) groups excluding carboxylic acids is 2. The van der Waals surface area contributed by atoms with E-state index in [1.807, 2.05) is 37.3 Å². The number of nitriles is 1. The van der Waals surface area contributed by atoms with E-state index in [1.165, 1.54) is 17.4 Å². The predicted octanol–water partition coefficient (Wildman–Crippen LogP) is 4.86. The van der Waals surface area contributed by atoms with Crippen molar-refractivity contribution in [1.82, 2.24) is 0 Å². The number of esters is 1. The number of carbonyl (C=O) groups is 2. The maximum absolute atomic E-state index is 13.0. The number of para-hydroxylation sites is 1. The first-order valence-electron chi connectivity index (χ1n) is 10.1. The molecule has 0 spiro atoms. The number of nitrogens with zero attached hydrogens (tertiary/aromatic N) is 2. The maximum atomic E-state index is 13.0. The zero-order chi connectivity index (χ0) is 22.5. The first-order chi connectivity index (χ1) is 15.6. The molecule has 1 aromatic heterocycles. The molecule has 1 aliphatic heterocycles. The van der Waals surface area contributed by atoms with Crippen LogP contribution in [0.4, 0.5) is 5.69 Å².